The fourth-order valence-corrected chi connectivity index (χ4v) is 2.65. The van der Waals surface area contributed by atoms with Gasteiger partial charge in [0.15, 0.2) is 0 Å². The minimum absolute atomic E-state index is 0.0879. The molecule has 1 atom stereocenters. The zero-order valence-electron chi connectivity index (χ0n) is 12.1. The highest BCUT2D eigenvalue weighted by Gasteiger charge is 2.25. The molecule has 2 rings (SSSR count). The van der Waals surface area contributed by atoms with Gasteiger partial charge in [-0.1, -0.05) is 0 Å². The highest BCUT2D eigenvalue weighted by molar-refractivity contribution is 5.57. The van der Waals surface area contributed by atoms with Gasteiger partial charge in [0.25, 0.3) is 0 Å². The first kappa shape index (κ1) is 14.7. The van der Waals surface area contributed by atoms with Crippen LogP contribution < -0.4 is 10.2 Å². The van der Waals surface area contributed by atoms with Crippen molar-refractivity contribution in [2.24, 2.45) is 5.92 Å². The molecule has 0 amide bonds. The Morgan fingerprint density at radius 2 is 2.40 bits per heavy atom. The predicted octanol–water partition coefficient (Wildman–Crippen LogP) is 2.20. The van der Waals surface area contributed by atoms with Crippen molar-refractivity contribution in [3.63, 3.8) is 0 Å². The predicted molar refractivity (Wildman–Crippen MR) is 79.0 cm³/mol. The summed E-state index contributed by atoms with van der Waals surface area (Å²) < 4.78 is 0. The molecule has 0 bridgehead atoms. The first-order valence-electron chi connectivity index (χ1n) is 7.16. The van der Waals surface area contributed by atoms with Crippen LogP contribution in [0.1, 0.15) is 26.7 Å². The third-order valence-corrected chi connectivity index (χ3v) is 3.71. The number of aromatic nitrogens is 1. The zero-order valence-corrected chi connectivity index (χ0v) is 12.1. The Kier molecular flexibility index (Phi) is 4.89. The lowest BCUT2D eigenvalue weighted by Crippen LogP contribution is -2.41. The van der Waals surface area contributed by atoms with E-state index in [1.807, 2.05) is 0 Å². The quantitative estimate of drug-likeness (QED) is 0.660. The summed E-state index contributed by atoms with van der Waals surface area (Å²) in [6, 6.07) is 3.32. The van der Waals surface area contributed by atoms with Gasteiger partial charge in [0.1, 0.15) is 0 Å². The van der Waals surface area contributed by atoms with Crippen LogP contribution in [0, 0.1) is 16.0 Å². The van der Waals surface area contributed by atoms with Gasteiger partial charge < -0.3 is 10.2 Å². The first-order valence-corrected chi connectivity index (χ1v) is 7.16. The van der Waals surface area contributed by atoms with Crippen LogP contribution in [-0.4, -0.2) is 35.6 Å². The molecule has 1 N–H and O–H groups in total. The number of pyridine rings is 1. The lowest BCUT2D eigenvalue weighted by atomic mass is 9.98. The zero-order chi connectivity index (χ0) is 14.5. The Balaban J connectivity index is 2.21. The van der Waals surface area contributed by atoms with Crippen LogP contribution >= 0.6 is 0 Å². The third kappa shape index (κ3) is 3.45. The van der Waals surface area contributed by atoms with Gasteiger partial charge in [-0.15, -0.1) is 0 Å². The summed E-state index contributed by atoms with van der Waals surface area (Å²) in [6.07, 6.45) is 3.95. The van der Waals surface area contributed by atoms with Crippen molar-refractivity contribution in [1.82, 2.24) is 10.3 Å². The molecule has 20 heavy (non-hydrogen) atoms. The average Bonchev–Trinajstić information content (AvgIpc) is 2.45. The molecule has 1 aromatic rings. The smallest absolute Gasteiger partial charge is 0.311 e. The van der Waals surface area contributed by atoms with Crippen LogP contribution in [0.15, 0.2) is 18.3 Å². The van der Waals surface area contributed by atoms with Gasteiger partial charge in [0, 0.05) is 24.8 Å². The van der Waals surface area contributed by atoms with Crippen molar-refractivity contribution in [1.29, 1.82) is 0 Å². The van der Waals surface area contributed by atoms with Gasteiger partial charge in [0.2, 0.25) is 5.82 Å². The highest BCUT2D eigenvalue weighted by atomic mass is 16.6. The third-order valence-electron chi connectivity index (χ3n) is 3.71. The van der Waals surface area contributed by atoms with E-state index in [1.165, 1.54) is 12.5 Å². The number of piperidine rings is 1. The summed E-state index contributed by atoms with van der Waals surface area (Å²) in [5.41, 5.74) is 0.0879. The highest BCUT2D eigenvalue weighted by Crippen LogP contribution is 2.28. The Morgan fingerprint density at radius 1 is 1.60 bits per heavy atom. The van der Waals surface area contributed by atoms with Gasteiger partial charge >= 0.3 is 5.69 Å². The van der Waals surface area contributed by atoms with E-state index in [4.69, 9.17) is 0 Å². The topological polar surface area (TPSA) is 71.3 Å². The molecule has 0 saturated carbocycles. The summed E-state index contributed by atoms with van der Waals surface area (Å²) in [6.45, 7) is 6.96. The van der Waals surface area contributed by atoms with Crippen molar-refractivity contribution in [2.45, 2.75) is 32.7 Å². The Hall–Kier alpha value is -1.69. The molecule has 1 aliphatic rings. The van der Waals surface area contributed by atoms with Crippen LogP contribution in [-0.2, 0) is 0 Å². The van der Waals surface area contributed by atoms with Crippen LogP contribution in [0.4, 0.5) is 11.5 Å². The van der Waals surface area contributed by atoms with E-state index in [0.29, 0.717) is 11.7 Å². The second kappa shape index (κ2) is 6.65. The van der Waals surface area contributed by atoms with Crippen molar-refractivity contribution < 1.29 is 4.92 Å². The summed E-state index contributed by atoms with van der Waals surface area (Å²) in [5, 5.41) is 14.6. The number of nitrogens with one attached hydrogen (secondary N) is 1. The fraction of sp³-hybridized carbons (Fsp3) is 0.643. The Morgan fingerprint density at radius 3 is 3.00 bits per heavy atom. The van der Waals surface area contributed by atoms with Crippen molar-refractivity contribution >= 4 is 11.5 Å². The van der Waals surface area contributed by atoms with Gasteiger partial charge in [-0.25, -0.2) is 4.98 Å². The van der Waals surface area contributed by atoms with Crippen LogP contribution in [0.2, 0.25) is 0 Å². The molecule has 6 nitrogen and oxygen atoms in total. The molecule has 0 aromatic carbocycles. The first-order chi connectivity index (χ1) is 9.59. The molecule has 1 unspecified atom stereocenters. The maximum atomic E-state index is 11.2. The molecule has 1 saturated heterocycles. The Labute approximate surface area is 119 Å². The number of nitro groups is 1. The molecule has 1 aliphatic heterocycles. The van der Waals surface area contributed by atoms with Gasteiger partial charge in [0.05, 0.1) is 4.92 Å². The van der Waals surface area contributed by atoms with Gasteiger partial charge in [-0.3, -0.25) is 10.1 Å². The summed E-state index contributed by atoms with van der Waals surface area (Å²) >= 11 is 0. The van der Waals surface area contributed by atoms with Crippen LogP contribution in [0.3, 0.4) is 0 Å². The minimum atomic E-state index is -0.350. The maximum absolute atomic E-state index is 11.2. The molecule has 110 valence electrons. The van der Waals surface area contributed by atoms with Crippen molar-refractivity contribution in [3.05, 3.63) is 28.4 Å². The number of anilines is 1. The van der Waals surface area contributed by atoms with Crippen LogP contribution in [0.5, 0.6) is 0 Å². The summed E-state index contributed by atoms with van der Waals surface area (Å²) in [4.78, 5) is 17.1. The van der Waals surface area contributed by atoms with E-state index in [0.717, 1.165) is 26.1 Å². The summed E-state index contributed by atoms with van der Waals surface area (Å²) in [5.74, 6) is 1.01. The molecule has 0 radical (unpaired) electrons. The molecule has 1 aromatic heterocycles. The number of hydrogen-bond donors (Lipinski definition) is 1. The average molecular weight is 278 g/mol. The van der Waals surface area contributed by atoms with Gasteiger partial charge in [-0.05, 0) is 51.8 Å². The molecule has 2 heterocycles. The number of rotatable bonds is 5. The normalized spacial score (nSPS) is 19.1. The number of nitrogens with zero attached hydrogens (tertiary/aromatic N) is 3. The summed E-state index contributed by atoms with van der Waals surface area (Å²) in [7, 11) is 0. The minimum Gasteiger partial charge on any atom is -0.348 e. The monoisotopic (exact) mass is 278 g/mol. The lowest BCUT2D eigenvalue weighted by molar-refractivity contribution is -0.384. The van der Waals surface area contributed by atoms with E-state index in [-0.39, 0.29) is 16.7 Å². The standard InChI is InChI=1S/C14H22N4O2/c1-11(2)17(10-12-5-3-7-15-9-12)14-13(18(19)20)6-4-8-16-14/h4,6,8,11-12,15H,3,5,7,9-10H2,1-2H3. The van der Waals surface area contributed by atoms with E-state index >= 15 is 0 Å². The van der Waals surface area contributed by atoms with E-state index in [2.05, 4.69) is 29.0 Å². The van der Waals surface area contributed by atoms with Crippen LogP contribution in [0.25, 0.3) is 0 Å². The van der Waals surface area contributed by atoms with Crippen molar-refractivity contribution in [2.75, 3.05) is 24.5 Å². The molecule has 6 heteroatoms. The van der Waals surface area contributed by atoms with E-state index in [9.17, 15) is 10.1 Å². The number of hydrogen-bond acceptors (Lipinski definition) is 5. The molecule has 0 spiro atoms. The largest absolute Gasteiger partial charge is 0.348 e. The van der Waals surface area contributed by atoms with Gasteiger partial charge in [-0.2, -0.15) is 0 Å². The SMILES string of the molecule is CC(C)N(CC1CCCNC1)c1ncccc1[N+](=O)[O-]. The fourth-order valence-electron chi connectivity index (χ4n) is 2.65. The lowest BCUT2D eigenvalue weighted by Gasteiger charge is -2.33. The second-order valence-electron chi connectivity index (χ2n) is 5.56. The molecular formula is C14H22N4O2. The van der Waals surface area contributed by atoms with E-state index < -0.39 is 0 Å². The van der Waals surface area contributed by atoms with Crippen molar-refractivity contribution in [3.8, 4) is 0 Å². The second-order valence-corrected chi connectivity index (χ2v) is 5.56. The Bertz CT molecular complexity index is 458. The maximum Gasteiger partial charge on any atom is 0.311 e. The molecule has 1 fully saturated rings. The van der Waals surface area contributed by atoms with E-state index in [1.54, 1.807) is 12.3 Å². The molecular weight excluding hydrogens is 256 g/mol. The molecule has 0 aliphatic carbocycles.